The molecule has 1 fully saturated rings. The smallest absolute Gasteiger partial charge is 0.243 e. The van der Waals surface area contributed by atoms with E-state index in [2.05, 4.69) is 12.2 Å². The van der Waals surface area contributed by atoms with E-state index in [-0.39, 0.29) is 0 Å². The molecule has 1 aliphatic rings. The van der Waals surface area contributed by atoms with Crippen LogP contribution in [0.2, 0.25) is 0 Å². The summed E-state index contributed by atoms with van der Waals surface area (Å²) < 4.78 is 27.2. The molecule has 1 aromatic rings. The molecule has 0 aromatic heterocycles. The molecule has 0 bridgehead atoms. The molecule has 0 aliphatic carbocycles. The fourth-order valence-electron chi connectivity index (χ4n) is 2.91. The Morgan fingerprint density at radius 2 is 1.90 bits per heavy atom. The highest BCUT2D eigenvalue weighted by molar-refractivity contribution is 7.89. The van der Waals surface area contributed by atoms with Crippen LogP contribution in [0, 0.1) is 19.8 Å². The molecule has 0 saturated carbocycles. The number of rotatable bonds is 4. The predicted octanol–water partition coefficient (Wildman–Crippen LogP) is 2.77. The Hall–Kier alpha value is -1.07. The lowest BCUT2D eigenvalue weighted by Gasteiger charge is -2.20. The Balaban J connectivity index is 2.42. The summed E-state index contributed by atoms with van der Waals surface area (Å²) in [6, 6.07) is 3.84. The molecule has 112 valence electrons. The van der Waals surface area contributed by atoms with Crippen LogP contribution < -0.4 is 5.32 Å². The van der Waals surface area contributed by atoms with Gasteiger partial charge in [0.2, 0.25) is 10.0 Å². The molecule has 1 heterocycles. The van der Waals surface area contributed by atoms with Crippen molar-refractivity contribution < 1.29 is 8.42 Å². The minimum absolute atomic E-state index is 0.450. The molecule has 1 unspecified atom stereocenters. The number of nitrogens with one attached hydrogen (secondary N) is 1. The first-order chi connectivity index (χ1) is 9.36. The largest absolute Gasteiger partial charge is 0.385 e. The molecule has 0 amide bonds. The summed E-state index contributed by atoms with van der Waals surface area (Å²) in [7, 11) is -3.36. The zero-order valence-corrected chi connectivity index (χ0v) is 13.5. The Morgan fingerprint density at radius 3 is 2.35 bits per heavy atom. The maximum atomic E-state index is 12.8. The van der Waals surface area contributed by atoms with E-state index in [1.165, 1.54) is 0 Å². The van der Waals surface area contributed by atoms with E-state index < -0.39 is 10.0 Å². The molecular weight excluding hydrogens is 272 g/mol. The van der Waals surface area contributed by atoms with Gasteiger partial charge in [-0.15, -0.1) is 0 Å². The molecule has 1 aliphatic heterocycles. The van der Waals surface area contributed by atoms with Crippen LogP contribution in [0.25, 0.3) is 0 Å². The molecular formula is C15H24N2O2S. The van der Waals surface area contributed by atoms with Gasteiger partial charge in [0.05, 0.1) is 4.90 Å². The Morgan fingerprint density at radius 1 is 1.30 bits per heavy atom. The molecule has 1 N–H and O–H groups in total. The van der Waals surface area contributed by atoms with E-state index in [0.29, 0.717) is 23.9 Å². The molecule has 1 aromatic carbocycles. The van der Waals surface area contributed by atoms with Gasteiger partial charge in [-0.3, -0.25) is 0 Å². The van der Waals surface area contributed by atoms with Crippen molar-refractivity contribution in [3.63, 3.8) is 0 Å². The molecule has 20 heavy (non-hydrogen) atoms. The van der Waals surface area contributed by atoms with Crippen molar-refractivity contribution in [3.8, 4) is 0 Å². The molecule has 0 spiro atoms. The van der Waals surface area contributed by atoms with Gasteiger partial charge in [0.25, 0.3) is 0 Å². The van der Waals surface area contributed by atoms with Gasteiger partial charge in [0, 0.05) is 25.3 Å². The quantitative estimate of drug-likeness (QED) is 0.929. The monoisotopic (exact) mass is 296 g/mol. The van der Waals surface area contributed by atoms with Gasteiger partial charge < -0.3 is 5.32 Å². The van der Waals surface area contributed by atoms with Crippen molar-refractivity contribution in [3.05, 3.63) is 23.3 Å². The maximum absolute atomic E-state index is 12.8. The second kappa shape index (κ2) is 5.74. The zero-order chi connectivity index (χ0) is 14.9. The summed E-state index contributed by atoms with van der Waals surface area (Å²) in [6.07, 6.45) is 0.951. The Kier molecular flexibility index (Phi) is 4.39. The van der Waals surface area contributed by atoms with Crippen molar-refractivity contribution in [1.29, 1.82) is 0 Å². The first kappa shape index (κ1) is 15.3. The predicted molar refractivity (Wildman–Crippen MR) is 82.6 cm³/mol. The summed E-state index contributed by atoms with van der Waals surface area (Å²) in [4.78, 5) is 0.480. The van der Waals surface area contributed by atoms with Gasteiger partial charge in [0.1, 0.15) is 0 Å². The van der Waals surface area contributed by atoms with E-state index in [9.17, 15) is 8.42 Å². The minimum Gasteiger partial charge on any atom is -0.385 e. The lowest BCUT2D eigenvalue weighted by Crippen LogP contribution is -2.29. The standard InChI is InChI=1S/C15H24N2O2S/c1-5-16-14-8-12(3)15(13(4)9-14)20(18,19)17-7-6-11(2)10-17/h8-9,11,16H,5-7,10H2,1-4H3. The van der Waals surface area contributed by atoms with Crippen molar-refractivity contribution in [2.75, 3.05) is 25.0 Å². The van der Waals surface area contributed by atoms with E-state index >= 15 is 0 Å². The van der Waals surface area contributed by atoms with Crippen molar-refractivity contribution >= 4 is 15.7 Å². The molecule has 0 radical (unpaired) electrons. The fraction of sp³-hybridized carbons (Fsp3) is 0.600. The van der Waals surface area contributed by atoms with Crippen LogP contribution in [-0.4, -0.2) is 32.4 Å². The summed E-state index contributed by atoms with van der Waals surface area (Å²) in [5.41, 5.74) is 2.62. The van der Waals surface area contributed by atoms with E-state index in [1.54, 1.807) is 4.31 Å². The summed E-state index contributed by atoms with van der Waals surface area (Å²) >= 11 is 0. The molecule has 2 rings (SSSR count). The van der Waals surface area contributed by atoms with E-state index in [0.717, 1.165) is 29.8 Å². The zero-order valence-electron chi connectivity index (χ0n) is 12.7. The van der Waals surface area contributed by atoms with E-state index in [1.807, 2.05) is 32.9 Å². The number of sulfonamides is 1. The van der Waals surface area contributed by atoms with Crippen molar-refractivity contribution in [2.24, 2.45) is 5.92 Å². The highest BCUT2D eigenvalue weighted by atomic mass is 32.2. The SMILES string of the molecule is CCNc1cc(C)c(S(=O)(=O)N2CCC(C)C2)c(C)c1. The third kappa shape index (κ3) is 2.83. The number of hydrogen-bond acceptors (Lipinski definition) is 3. The summed E-state index contributed by atoms with van der Waals surface area (Å²) in [5, 5.41) is 3.24. The average Bonchev–Trinajstić information content (AvgIpc) is 2.75. The van der Waals surface area contributed by atoms with Crippen LogP contribution in [0.3, 0.4) is 0 Å². The normalized spacial score (nSPS) is 20.3. The Bertz CT molecular complexity index is 573. The summed E-state index contributed by atoms with van der Waals surface area (Å²) in [5.74, 6) is 0.450. The van der Waals surface area contributed by atoms with Crippen LogP contribution in [-0.2, 0) is 10.0 Å². The van der Waals surface area contributed by atoms with Crippen LogP contribution in [0.15, 0.2) is 17.0 Å². The maximum Gasteiger partial charge on any atom is 0.243 e. The third-order valence-corrected chi connectivity index (χ3v) is 6.00. The van der Waals surface area contributed by atoms with Gasteiger partial charge in [-0.05, 0) is 56.4 Å². The third-order valence-electron chi connectivity index (χ3n) is 3.83. The highest BCUT2D eigenvalue weighted by Gasteiger charge is 2.32. The number of anilines is 1. The number of aryl methyl sites for hydroxylation is 2. The lowest BCUT2D eigenvalue weighted by molar-refractivity contribution is 0.463. The highest BCUT2D eigenvalue weighted by Crippen LogP contribution is 2.30. The molecule has 1 saturated heterocycles. The first-order valence-corrected chi connectivity index (χ1v) is 8.65. The van der Waals surface area contributed by atoms with Gasteiger partial charge in [0.15, 0.2) is 0 Å². The van der Waals surface area contributed by atoms with E-state index in [4.69, 9.17) is 0 Å². The second-order valence-electron chi connectivity index (χ2n) is 5.73. The average molecular weight is 296 g/mol. The lowest BCUT2D eigenvalue weighted by atomic mass is 10.1. The van der Waals surface area contributed by atoms with Crippen LogP contribution >= 0.6 is 0 Å². The molecule has 4 nitrogen and oxygen atoms in total. The van der Waals surface area contributed by atoms with Crippen molar-refractivity contribution in [1.82, 2.24) is 4.31 Å². The van der Waals surface area contributed by atoms with Crippen molar-refractivity contribution in [2.45, 2.75) is 39.0 Å². The fourth-order valence-corrected chi connectivity index (χ4v) is 4.89. The Labute approximate surface area is 122 Å². The van der Waals surface area contributed by atoms with Crippen LogP contribution in [0.5, 0.6) is 0 Å². The number of hydrogen-bond donors (Lipinski definition) is 1. The number of benzene rings is 1. The second-order valence-corrected chi connectivity index (χ2v) is 7.60. The van der Waals surface area contributed by atoms with Crippen LogP contribution in [0.1, 0.15) is 31.4 Å². The molecule has 5 heteroatoms. The number of nitrogens with zero attached hydrogens (tertiary/aromatic N) is 1. The van der Waals surface area contributed by atoms with Gasteiger partial charge in [-0.2, -0.15) is 4.31 Å². The van der Waals surface area contributed by atoms with Gasteiger partial charge >= 0.3 is 0 Å². The van der Waals surface area contributed by atoms with Crippen LogP contribution in [0.4, 0.5) is 5.69 Å². The first-order valence-electron chi connectivity index (χ1n) is 7.21. The topological polar surface area (TPSA) is 49.4 Å². The van der Waals surface area contributed by atoms with Gasteiger partial charge in [-0.25, -0.2) is 8.42 Å². The summed E-state index contributed by atoms with van der Waals surface area (Å²) in [6.45, 7) is 9.98. The minimum atomic E-state index is -3.36. The van der Waals surface area contributed by atoms with Gasteiger partial charge in [-0.1, -0.05) is 6.92 Å². The molecule has 1 atom stereocenters.